The molecule has 1 unspecified atom stereocenters. The Kier molecular flexibility index (Phi) is 9.38. The van der Waals surface area contributed by atoms with Crippen molar-refractivity contribution in [1.82, 2.24) is 25.4 Å². The van der Waals surface area contributed by atoms with E-state index >= 15 is 0 Å². The van der Waals surface area contributed by atoms with Gasteiger partial charge in [0.1, 0.15) is 12.4 Å². The van der Waals surface area contributed by atoms with Crippen LogP contribution >= 0.6 is 24.0 Å². The van der Waals surface area contributed by atoms with Crippen LogP contribution in [0.5, 0.6) is 0 Å². The van der Waals surface area contributed by atoms with Gasteiger partial charge in [-0.2, -0.15) is 5.10 Å². The quantitative estimate of drug-likeness (QED) is 0.324. The molecule has 160 valence electrons. The highest BCUT2D eigenvalue weighted by molar-refractivity contribution is 14.0. The molecule has 0 aliphatic carbocycles. The van der Waals surface area contributed by atoms with Crippen LogP contribution in [0.3, 0.4) is 0 Å². The Morgan fingerprint density at radius 3 is 2.82 bits per heavy atom. The topological polar surface area (TPSA) is 94.8 Å². The molecule has 1 aromatic heterocycles. The van der Waals surface area contributed by atoms with Crippen LogP contribution < -0.4 is 10.6 Å². The van der Waals surface area contributed by atoms with Crippen molar-refractivity contribution in [2.24, 2.45) is 4.99 Å². The number of ether oxygens (including phenoxy) is 3. The van der Waals surface area contributed by atoms with Crippen LogP contribution in [0.2, 0.25) is 0 Å². The van der Waals surface area contributed by atoms with Gasteiger partial charge in [-0.3, -0.25) is 4.99 Å². The average Bonchev–Trinajstić information content (AvgIpc) is 3.09. The number of aliphatic imine (C=N–C) groups is 1. The summed E-state index contributed by atoms with van der Waals surface area (Å²) in [6, 6.07) is 0.264. The number of aryl methyl sites for hydroxylation is 1. The SMILES string of the molecule is CCNC(=NCC1(OC)CCOCC1)NC1CCc2nc(COC)nn2C1.I. The molecule has 9 nitrogen and oxygen atoms in total. The molecule has 1 atom stereocenters. The number of halogens is 1. The molecule has 0 saturated carbocycles. The smallest absolute Gasteiger partial charge is 0.191 e. The lowest BCUT2D eigenvalue weighted by molar-refractivity contribution is -0.0828. The van der Waals surface area contributed by atoms with Gasteiger partial charge in [0.05, 0.1) is 18.7 Å². The third-order valence-corrected chi connectivity index (χ3v) is 5.22. The fourth-order valence-electron chi connectivity index (χ4n) is 3.58. The first-order chi connectivity index (χ1) is 13.2. The Morgan fingerprint density at radius 1 is 1.36 bits per heavy atom. The normalized spacial score (nSPS) is 21.5. The second kappa shape index (κ2) is 11.3. The minimum Gasteiger partial charge on any atom is -0.381 e. The summed E-state index contributed by atoms with van der Waals surface area (Å²) in [5.41, 5.74) is -0.221. The molecule has 1 aromatic rings. The lowest BCUT2D eigenvalue weighted by Crippen LogP contribution is -2.48. The van der Waals surface area contributed by atoms with E-state index in [0.717, 1.165) is 69.6 Å². The molecule has 2 aliphatic heterocycles. The van der Waals surface area contributed by atoms with Crippen molar-refractivity contribution in [3.05, 3.63) is 11.6 Å². The van der Waals surface area contributed by atoms with Gasteiger partial charge in [0.25, 0.3) is 0 Å². The molecule has 1 saturated heterocycles. The highest BCUT2D eigenvalue weighted by Gasteiger charge is 2.32. The van der Waals surface area contributed by atoms with Crippen molar-refractivity contribution in [1.29, 1.82) is 0 Å². The van der Waals surface area contributed by atoms with Crippen LogP contribution in [0.25, 0.3) is 0 Å². The number of methoxy groups -OCH3 is 2. The van der Waals surface area contributed by atoms with Crippen molar-refractivity contribution in [2.45, 2.75) is 57.4 Å². The Bertz CT molecular complexity index is 633. The maximum atomic E-state index is 5.79. The van der Waals surface area contributed by atoms with E-state index in [-0.39, 0.29) is 35.6 Å². The zero-order chi connectivity index (χ0) is 19.1. The molecule has 2 aliphatic rings. The lowest BCUT2D eigenvalue weighted by Gasteiger charge is -2.35. The van der Waals surface area contributed by atoms with Crippen LogP contribution in [0.15, 0.2) is 4.99 Å². The number of fused-ring (bicyclic) bond motifs is 1. The Morgan fingerprint density at radius 2 is 2.14 bits per heavy atom. The van der Waals surface area contributed by atoms with Crippen molar-refractivity contribution in [3.63, 3.8) is 0 Å². The first-order valence-electron chi connectivity index (χ1n) is 9.77. The van der Waals surface area contributed by atoms with E-state index in [2.05, 4.69) is 27.6 Å². The van der Waals surface area contributed by atoms with Crippen molar-refractivity contribution in [2.75, 3.05) is 40.5 Å². The summed E-state index contributed by atoms with van der Waals surface area (Å²) in [6.07, 6.45) is 3.65. The first-order valence-corrected chi connectivity index (χ1v) is 9.77. The van der Waals surface area contributed by atoms with E-state index < -0.39 is 0 Å². The summed E-state index contributed by atoms with van der Waals surface area (Å²) in [5.74, 6) is 2.60. The number of rotatable bonds is 7. The number of nitrogens with one attached hydrogen (secondary N) is 2. The fraction of sp³-hybridized carbons (Fsp3) is 0.833. The zero-order valence-electron chi connectivity index (χ0n) is 17.1. The van der Waals surface area contributed by atoms with Gasteiger partial charge in [0.2, 0.25) is 0 Å². The van der Waals surface area contributed by atoms with Gasteiger partial charge in [-0.05, 0) is 13.3 Å². The molecule has 0 spiro atoms. The molecule has 3 heterocycles. The predicted octanol–water partition coefficient (Wildman–Crippen LogP) is 1.11. The van der Waals surface area contributed by atoms with Crippen LogP contribution in [0.1, 0.15) is 37.8 Å². The van der Waals surface area contributed by atoms with Gasteiger partial charge in [-0.1, -0.05) is 0 Å². The monoisotopic (exact) mass is 508 g/mol. The number of nitrogens with zero attached hydrogens (tertiary/aromatic N) is 4. The third kappa shape index (κ3) is 6.01. The molecule has 0 radical (unpaired) electrons. The van der Waals surface area contributed by atoms with Gasteiger partial charge in [-0.15, -0.1) is 24.0 Å². The summed E-state index contributed by atoms with van der Waals surface area (Å²) < 4.78 is 18.4. The summed E-state index contributed by atoms with van der Waals surface area (Å²) >= 11 is 0. The maximum Gasteiger partial charge on any atom is 0.191 e. The van der Waals surface area contributed by atoms with Crippen LogP contribution in [0.4, 0.5) is 0 Å². The standard InChI is InChI=1S/C18H32N6O3.HI/c1-4-19-17(20-13-18(26-3)7-9-27-10-8-18)21-14-5-6-16-22-15(12-25-2)23-24(16)11-14;/h14H,4-13H2,1-3H3,(H2,19,20,21);1H. The van der Waals surface area contributed by atoms with E-state index in [1.54, 1.807) is 14.2 Å². The zero-order valence-corrected chi connectivity index (χ0v) is 19.4. The fourth-order valence-corrected chi connectivity index (χ4v) is 3.58. The van der Waals surface area contributed by atoms with Gasteiger partial charge >= 0.3 is 0 Å². The van der Waals surface area contributed by atoms with Crippen molar-refractivity contribution >= 4 is 29.9 Å². The van der Waals surface area contributed by atoms with Crippen molar-refractivity contribution in [3.8, 4) is 0 Å². The van der Waals surface area contributed by atoms with E-state index in [1.165, 1.54) is 0 Å². The maximum absolute atomic E-state index is 5.79. The molecule has 0 bridgehead atoms. The number of aromatic nitrogens is 3. The van der Waals surface area contributed by atoms with Gasteiger partial charge in [0.15, 0.2) is 11.8 Å². The largest absolute Gasteiger partial charge is 0.381 e. The second-order valence-electron chi connectivity index (χ2n) is 7.13. The molecular formula is C18H33IN6O3. The van der Waals surface area contributed by atoms with E-state index in [1.807, 2.05) is 4.68 Å². The van der Waals surface area contributed by atoms with Crippen LogP contribution in [-0.4, -0.2) is 72.9 Å². The number of hydrogen-bond donors (Lipinski definition) is 2. The van der Waals surface area contributed by atoms with E-state index in [4.69, 9.17) is 19.2 Å². The number of guanidine groups is 1. The highest BCUT2D eigenvalue weighted by atomic mass is 127. The van der Waals surface area contributed by atoms with Gasteiger partial charge < -0.3 is 24.8 Å². The molecule has 2 N–H and O–H groups in total. The summed E-state index contributed by atoms with van der Waals surface area (Å²) in [7, 11) is 3.43. The van der Waals surface area contributed by atoms with Crippen LogP contribution in [0, 0.1) is 0 Å². The minimum absolute atomic E-state index is 0. The molecule has 1 fully saturated rings. The summed E-state index contributed by atoms with van der Waals surface area (Å²) in [4.78, 5) is 9.35. The van der Waals surface area contributed by atoms with Gasteiger partial charge in [-0.25, -0.2) is 9.67 Å². The average molecular weight is 508 g/mol. The molecule has 3 rings (SSSR count). The Hall–Kier alpha value is -0.980. The summed E-state index contributed by atoms with van der Waals surface area (Å²) in [5, 5.41) is 11.4. The first kappa shape index (κ1) is 23.3. The molecule has 0 aromatic carbocycles. The van der Waals surface area contributed by atoms with E-state index in [9.17, 15) is 0 Å². The van der Waals surface area contributed by atoms with Crippen LogP contribution in [-0.2, 0) is 33.8 Å². The van der Waals surface area contributed by atoms with E-state index in [0.29, 0.717) is 13.2 Å². The number of hydrogen-bond acceptors (Lipinski definition) is 6. The van der Waals surface area contributed by atoms with Crippen molar-refractivity contribution < 1.29 is 14.2 Å². The Labute approximate surface area is 184 Å². The molecule has 0 amide bonds. The second-order valence-corrected chi connectivity index (χ2v) is 7.13. The molecule has 10 heteroatoms. The summed E-state index contributed by atoms with van der Waals surface area (Å²) in [6.45, 7) is 6.20. The predicted molar refractivity (Wildman–Crippen MR) is 117 cm³/mol. The molecular weight excluding hydrogens is 475 g/mol. The minimum atomic E-state index is -0.221. The molecule has 28 heavy (non-hydrogen) atoms. The highest BCUT2D eigenvalue weighted by Crippen LogP contribution is 2.24. The third-order valence-electron chi connectivity index (χ3n) is 5.22. The lowest BCUT2D eigenvalue weighted by atomic mass is 9.94. The van der Waals surface area contributed by atoms with Gasteiger partial charge in [0, 0.05) is 59.3 Å². The Balaban J connectivity index is 0.00000280.